The highest BCUT2D eigenvalue weighted by Gasteiger charge is 2.17. The molecule has 0 unspecified atom stereocenters. The Hall–Kier alpha value is -1.42. The number of aromatic nitrogens is 2. The SMILES string of the molecule is CC(C)(C)c1csc(-n2ccccc2=O)n1. The molecule has 2 rings (SSSR count). The summed E-state index contributed by atoms with van der Waals surface area (Å²) in [4.78, 5) is 16.1. The second kappa shape index (κ2) is 3.87. The van der Waals surface area contributed by atoms with Crippen molar-refractivity contribution in [1.82, 2.24) is 9.55 Å². The normalized spacial score (nSPS) is 11.7. The highest BCUT2D eigenvalue weighted by atomic mass is 32.1. The largest absolute Gasteiger partial charge is 0.269 e. The topological polar surface area (TPSA) is 34.9 Å². The van der Waals surface area contributed by atoms with Gasteiger partial charge in [0.25, 0.3) is 5.56 Å². The molecule has 2 aromatic rings. The van der Waals surface area contributed by atoms with E-state index in [9.17, 15) is 4.79 Å². The zero-order valence-electron chi connectivity index (χ0n) is 9.60. The van der Waals surface area contributed by atoms with E-state index in [1.54, 1.807) is 16.8 Å². The first-order valence-corrected chi connectivity index (χ1v) is 6.00. The first-order chi connectivity index (χ1) is 7.48. The summed E-state index contributed by atoms with van der Waals surface area (Å²) in [6.07, 6.45) is 1.74. The molecule has 0 amide bonds. The van der Waals surface area contributed by atoms with Crippen molar-refractivity contribution in [1.29, 1.82) is 0 Å². The lowest BCUT2D eigenvalue weighted by Crippen LogP contribution is -2.16. The van der Waals surface area contributed by atoms with E-state index in [-0.39, 0.29) is 11.0 Å². The summed E-state index contributed by atoms with van der Waals surface area (Å²) >= 11 is 1.50. The monoisotopic (exact) mass is 234 g/mol. The Morgan fingerprint density at radius 2 is 2.06 bits per heavy atom. The van der Waals surface area contributed by atoms with Gasteiger partial charge in [0.2, 0.25) is 0 Å². The van der Waals surface area contributed by atoms with E-state index in [0.717, 1.165) is 10.8 Å². The van der Waals surface area contributed by atoms with Gasteiger partial charge in [-0.25, -0.2) is 4.98 Å². The first kappa shape index (κ1) is 11.1. The molecule has 0 N–H and O–H groups in total. The summed E-state index contributed by atoms with van der Waals surface area (Å²) < 4.78 is 1.57. The zero-order chi connectivity index (χ0) is 11.8. The third kappa shape index (κ3) is 2.07. The van der Waals surface area contributed by atoms with Gasteiger partial charge in [0, 0.05) is 23.1 Å². The lowest BCUT2D eigenvalue weighted by atomic mass is 9.93. The molecule has 0 aromatic carbocycles. The zero-order valence-corrected chi connectivity index (χ0v) is 10.4. The van der Waals surface area contributed by atoms with Gasteiger partial charge in [-0.05, 0) is 6.07 Å². The van der Waals surface area contributed by atoms with Crippen molar-refractivity contribution >= 4 is 11.3 Å². The molecule has 0 bridgehead atoms. The molecule has 16 heavy (non-hydrogen) atoms. The second-order valence-electron chi connectivity index (χ2n) is 4.67. The van der Waals surface area contributed by atoms with E-state index in [4.69, 9.17) is 0 Å². The lowest BCUT2D eigenvalue weighted by Gasteiger charge is -2.14. The molecule has 0 saturated heterocycles. The van der Waals surface area contributed by atoms with Crippen molar-refractivity contribution in [3.8, 4) is 5.13 Å². The van der Waals surface area contributed by atoms with E-state index in [0.29, 0.717) is 0 Å². The molecule has 0 spiro atoms. The Morgan fingerprint density at radius 3 is 2.62 bits per heavy atom. The Kier molecular flexibility index (Phi) is 2.68. The van der Waals surface area contributed by atoms with Crippen LogP contribution in [-0.4, -0.2) is 9.55 Å². The van der Waals surface area contributed by atoms with Crippen LogP contribution in [0.1, 0.15) is 26.5 Å². The van der Waals surface area contributed by atoms with Gasteiger partial charge in [-0.3, -0.25) is 9.36 Å². The van der Waals surface area contributed by atoms with Crippen molar-refractivity contribution < 1.29 is 0 Å². The van der Waals surface area contributed by atoms with E-state index >= 15 is 0 Å². The first-order valence-electron chi connectivity index (χ1n) is 5.12. The quantitative estimate of drug-likeness (QED) is 0.760. The molecule has 0 saturated carbocycles. The highest BCUT2D eigenvalue weighted by molar-refractivity contribution is 7.12. The van der Waals surface area contributed by atoms with Crippen molar-refractivity contribution in [2.24, 2.45) is 0 Å². The van der Waals surface area contributed by atoms with Crippen molar-refractivity contribution in [2.45, 2.75) is 26.2 Å². The highest BCUT2D eigenvalue weighted by Crippen LogP contribution is 2.24. The van der Waals surface area contributed by atoms with Crippen molar-refractivity contribution in [3.63, 3.8) is 0 Å². The molecule has 0 aliphatic rings. The number of thiazole rings is 1. The fourth-order valence-corrected chi connectivity index (χ4v) is 2.34. The average molecular weight is 234 g/mol. The number of pyridine rings is 1. The summed E-state index contributed by atoms with van der Waals surface area (Å²) in [5.74, 6) is 0. The second-order valence-corrected chi connectivity index (χ2v) is 5.51. The van der Waals surface area contributed by atoms with Gasteiger partial charge in [0.05, 0.1) is 5.69 Å². The van der Waals surface area contributed by atoms with Gasteiger partial charge in [-0.2, -0.15) is 0 Å². The minimum Gasteiger partial charge on any atom is -0.269 e. The van der Waals surface area contributed by atoms with Gasteiger partial charge in [-0.1, -0.05) is 26.8 Å². The smallest absolute Gasteiger partial charge is 0.256 e. The number of hydrogen-bond acceptors (Lipinski definition) is 3. The molecule has 2 aromatic heterocycles. The minimum absolute atomic E-state index is 0.0210. The van der Waals surface area contributed by atoms with Crippen LogP contribution < -0.4 is 5.56 Å². The lowest BCUT2D eigenvalue weighted by molar-refractivity contribution is 0.572. The van der Waals surface area contributed by atoms with Gasteiger partial charge in [-0.15, -0.1) is 11.3 Å². The minimum atomic E-state index is -0.0442. The van der Waals surface area contributed by atoms with Crippen LogP contribution >= 0.6 is 11.3 Å². The molecule has 84 valence electrons. The fourth-order valence-electron chi connectivity index (χ4n) is 1.30. The van der Waals surface area contributed by atoms with Crippen LogP contribution in [-0.2, 0) is 5.41 Å². The van der Waals surface area contributed by atoms with E-state index in [1.807, 2.05) is 11.4 Å². The molecule has 0 atom stereocenters. The third-order valence-corrected chi connectivity index (χ3v) is 3.13. The summed E-state index contributed by atoms with van der Waals surface area (Å²) in [6, 6.07) is 5.11. The predicted molar refractivity (Wildman–Crippen MR) is 66.4 cm³/mol. The molecule has 3 nitrogen and oxygen atoms in total. The van der Waals surface area contributed by atoms with E-state index in [2.05, 4.69) is 25.8 Å². The van der Waals surface area contributed by atoms with Gasteiger partial charge < -0.3 is 0 Å². The molecule has 0 radical (unpaired) electrons. The summed E-state index contributed by atoms with van der Waals surface area (Å²) in [5, 5.41) is 2.74. The third-order valence-electron chi connectivity index (χ3n) is 2.29. The maximum atomic E-state index is 11.6. The van der Waals surface area contributed by atoms with Crippen LogP contribution in [0.25, 0.3) is 5.13 Å². The van der Waals surface area contributed by atoms with E-state index in [1.165, 1.54) is 17.4 Å². The molecule has 4 heteroatoms. The van der Waals surface area contributed by atoms with Crippen LogP contribution in [0.5, 0.6) is 0 Å². The molecular weight excluding hydrogens is 220 g/mol. The van der Waals surface area contributed by atoms with Crippen LogP contribution in [0.15, 0.2) is 34.6 Å². The number of hydrogen-bond donors (Lipinski definition) is 0. The number of nitrogens with zero attached hydrogens (tertiary/aromatic N) is 2. The van der Waals surface area contributed by atoms with Gasteiger partial charge in [0.1, 0.15) is 0 Å². The van der Waals surface area contributed by atoms with Gasteiger partial charge >= 0.3 is 0 Å². The standard InChI is InChI=1S/C12H14N2OS/c1-12(2,3)9-8-16-11(13-9)14-7-5-4-6-10(14)15/h4-8H,1-3H3. The molecular formula is C12H14N2OS. The average Bonchev–Trinajstić information content (AvgIpc) is 2.66. The summed E-state index contributed by atoms with van der Waals surface area (Å²) in [5.41, 5.74) is 0.994. The Morgan fingerprint density at radius 1 is 1.31 bits per heavy atom. The van der Waals surface area contributed by atoms with Crippen molar-refractivity contribution in [3.05, 3.63) is 45.8 Å². The van der Waals surface area contributed by atoms with E-state index < -0.39 is 0 Å². The van der Waals surface area contributed by atoms with Gasteiger partial charge in [0.15, 0.2) is 5.13 Å². The Balaban J connectivity index is 2.48. The fraction of sp³-hybridized carbons (Fsp3) is 0.333. The summed E-state index contributed by atoms with van der Waals surface area (Å²) in [6.45, 7) is 6.33. The maximum absolute atomic E-state index is 11.6. The summed E-state index contributed by atoms with van der Waals surface area (Å²) in [7, 11) is 0. The van der Waals surface area contributed by atoms with Crippen LogP contribution in [0.4, 0.5) is 0 Å². The van der Waals surface area contributed by atoms with Crippen LogP contribution in [0, 0.1) is 0 Å². The maximum Gasteiger partial charge on any atom is 0.256 e. The Labute approximate surface area is 98.4 Å². The number of rotatable bonds is 1. The van der Waals surface area contributed by atoms with Crippen LogP contribution in [0.2, 0.25) is 0 Å². The molecule has 0 aliphatic carbocycles. The van der Waals surface area contributed by atoms with Crippen molar-refractivity contribution in [2.75, 3.05) is 0 Å². The molecule has 0 fully saturated rings. The predicted octanol–water partition coefficient (Wildman–Crippen LogP) is 2.59. The van der Waals surface area contributed by atoms with Crippen LogP contribution in [0.3, 0.4) is 0 Å². The Bertz CT molecular complexity index is 548. The molecule has 2 heterocycles. The molecule has 0 aliphatic heterocycles.